The number of carbonyl (C=O) groups excluding carboxylic acids is 2. The number of aromatic nitrogens is 5. The first kappa shape index (κ1) is 32.4. The molecule has 1 fully saturated rings. The summed E-state index contributed by atoms with van der Waals surface area (Å²) in [5, 5.41) is 5.71. The maximum absolute atomic E-state index is 13.6. The van der Waals surface area contributed by atoms with Crippen LogP contribution in [0.3, 0.4) is 0 Å². The van der Waals surface area contributed by atoms with Gasteiger partial charge in [0.1, 0.15) is 5.75 Å². The number of rotatable bonds is 10. The fourth-order valence-electron chi connectivity index (χ4n) is 6.23. The van der Waals surface area contributed by atoms with E-state index in [-0.39, 0.29) is 23.9 Å². The summed E-state index contributed by atoms with van der Waals surface area (Å²) in [5.41, 5.74) is 9.16. The van der Waals surface area contributed by atoms with Gasteiger partial charge in [0.2, 0.25) is 5.88 Å². The van der Waals surface area contributed by atoms with Crippen molar-refractivity contribution in [2.45, 2.75) is 64.8 Å². The van der Waals surface area contributed by atoms with Gasteiger partial charge in [-0.2, -0.15) is 13.9 Å². The molecule has 0 radical (unpaired) electrons. The number of primary amides is 1. The zero-order valence-electron chi connectivity index (χ0n) is 26.9. The number of pyridine rings is 3. The Kier molecular flexibility index (Phi) is 8.18. The van der Waals surface area contributed by atoms with Gasteiger partial charge >= 0.3 is 6.61 Å². The zero-order valence-corrected chi connectivity index (χ0v) is 27.6. The van der Waals surface area contributed by atoms with Gasteiger partial charge in [0.25, 0.3) is 11.8 Å². The Bertz CT molecular complexity index is 2100. The average molecular weight is 688 g/mol. The number of amides is 2. The fraction of sp³-hybridized carbons (Fsp3) is 0.314. The first-order valence-corrected chi connectivity index (χ1v) is 16.1. The van der Waals surface area contributed by atoms with E-state index in [2.05, 4.69) is 19.8 Å². The minimum Gasteiger partial charge on any atom is -0.476 e. The summed E-state index contributed by atoms with van der Waals surface area (Å²) in [6, 6.07) is 11.5. The second-order valence-electron chi connectivity index (χ2n) is 12.8. The minimum atomic E-state index is -3.02. The van der Waals surface area contributed by atoms with Crippen LogP contribution in [-0.4, -0.2) is 48.8 Å². The van der Waals surface area contributed by atoms with Crippen LogP contribution in [0.1, 0.15) is 67.0 Å². The number of halogens is 3. The van der Waals surface area contributed by atoms with Gasteiger partial charge in [-0.05, 0) is 87.4 Å². The summed E-state index contributed by atoms with van der Waals surface area (Å²) in [6.07, 6.45) is 7.12. The number of alkyl halides is 2. The molecule has 1 unspecified atom stereocenters. The van der Waals surface area contributed by atoms with E-state index in [1.807, 2.05) is 13.0 Å². The topological polar surface area (TPSA) is 138 Å². The molecule has 1 aromatic carbocycles. The lowest BCUT2D eigenvalue weighted by molar-refractivity contribution is -0.132. The molecule has 2 N–H and O–H groups in total. The molecule has 11 nitrogen and oxygen atoms in total. The molecule has 4 aromatic heterocycles. The zero-order chi connectivity index (χ0) is 34.6. The lowest BCUT2D eigenvalue weighted by atomic mass is 9.92. The monoisotopic (exact) mass is 687 g/mol. The summed E-state index contributed by atoms with van der Waals surface area (Å²) < 4.78 is 38.4. The fourth-order valence-corrected chi connectivity index (χ4v) is 6.34. The number of hydrogen-bond donors (Lipinski definition) is 1. The van der Waals surface area contributed by atoms with Crippen LogP contribution in [0.15, 0.2) is 61.1 Å². The standard InChI is InChI=1S/C35H32ClF2N7O4/c1-18(20-10-11-40-28(14-20)48-34(37)38)45-32-24(16-42-45)29(30(31(39)46)25(43-32)12-19-4-5-19)21-6-9-26-27(13-21)49-35(2,3)33(47)44(26)17-23-8-7-22(36)15-41-23/h6-11,13-16,18-19,34H,4-5,12,17H2,1-3H3,(H2,39,46). The predicted molar refractivity (Wildman–Crippen MR) is 178 cm³/mol. The molecule has 5 heterocycles. The third-order valence-corrected chi connectivity index (χ3v) is 9.06. The number of carbonyl (C=O) groups is 2. The third kappa shape index (κ3) is 6.26. The van der Waals surface area contributed by atoms with Gasteiger partial charge in [0, 0.05) is 29.4 Å². The van der Waals surface area contributed by atoms with Crippen molar-refractivity contribution >= 4 is 40.1 Å². The second-order valence-corrected chi connectivity index (χ2v) is 13.2. The first-order chi connectivity index (χ1) is 23.4. The van der Waals surface area contributed by atoms with E-state index < -0.39 is 24.2 Å². The molecular weight excluding hydrogens is 656 g/mol. The Labute approximate surface area is 285 Å². The van der Waals surface area contributed by atoms with Gasteiger partial charge in [-0.25, -0.2) is 14.6 Å². The van der Waals surface area contributed by atoms with Crippen molar-refractivity contribution < 1.29 is 27.8 Å². The molecule has 5 aromatic rings. The molecule has 0 bridgehead atoms. The van der Waals surface area contributed by atoms with Crippen molar-refractivity contribution in [3.8, 4) is 22.8 Å². The molecule has 1 saturated carbocycles. The predicted octanol–water partition coefficient (Wildman–Crippen LogP) is 6.51. The summed E-state index contributed by atoms with van der Waals surface area (Å²) >= 11 is 6.04. The van der Waals surface area contributed by atoms with Crippen molar-refractivity contribution in [3.05, 3.63) is 88.6 Å². The van der Waals surface area contributed by atoms with E-state index >= 15 is 0 Å². The SMILES string of the molecule is CC(c1ccnc(OC(F)F)c1)n1ncc2c(-c3ccc4c(c3)OC(C)(C)C(=O)N4Cc3ccc(Cl)cn3)c(C(N)=O)c(CC3CC3)nc21. The number of hydrogen-bond acceptors (Lipinski definition) is 8. The Morgan fingerprint density at radius 3 is 2.63 bits per heavy atom. The molecule has 2 aliphatic rings. The Morgan fingerprint density at radius 1 is 1.14 bits per heavy atom. The normalized spacial score (nSPS) is 16.1. The summed E-state index contributed by atoms with van der Waals surface area (Å²) in [5.74, 6) is -0.287. The third-order valence-electron chi connectivity index (χ3n) is 8.83. The summed E-state index contributed by atoms with van der Waals surface area (Å²) in [6.45, 7) is 2.42. The molecule has 7 rings (SSSR count). The molecule has 14 heteroatoms. The quantitative estimate of drug-likeness (QED) is 0.175. The number of fused-ring (bicyclic) bond motifs is 2. The maximum Gasteiger partial charge on any atom is 0.388 e. The van der Waals surface area contributed by atoms with Gasteiger partial charge in [-0.3, -0.25) is 19.5 Å². The van der Waals surface area contributed by atoms with E-state index in [0.29, 0.717) is 67.9 Å². The van der Waals surface area contributed by atoms with Gasteiger partial charge in [0.15, 0.2) is 11.2 Å². The van der Waals surface area contributed by atoms with Gasteiger partial charge in [-0.1, -0.05) is 17.7 Å². The highest BCUT2D eigenvalue weighted by Crippen LogP contribution is 2.44. The van der Waals surface area contributed by atoms with Crippen molar-refractivity contribution in [2.24, 2.45) is 11.7 Å². The molecule has 1 aliphatic carbocycles. The number of benzene rings is 1. The minimum absolute atomic E-state index is 0.191. The van der Waals surface area contributed by atoms with Crippen LogP contribution in [0.5, 0.6) is 11.6 Å². The van der Waals surface area contributed by atoms with E-state index in [0.717, 1.165) is 12.8 Å². The van der Waals surface area contributed by atoms with Gasteiger partial charge < -0.3 is 15.2 Å². The Hall–Kier alpha value is -5.17. The van der Waals surface area contributed by atoms with E-state index in [1.54, 1.807) is 60.0 Å². The number of anilines is 1. The van der Waals surface area contributed by atoms with E-state index in [4.69, 9.17) is 27.1 Å². The van der Waals surface area contributed by atoms with Crippen molar-refractivity contribution in [1.29, 1.82) is 0 Å². The van der Waals surface area contributed by atoms with E-state index in [1.165, 1.54) is 18.5 Å². The summed E-state index contributed by atoms with van der Waals surface area (Å²) in [4.78, 5) is 41.7. The molecule has 1 aliphatic heterocycles. The molecule has 0 saturated heterocycles. The number of ether oxygens (including phenoxy) is 2. The average Bonchev–Trinajstić information content (AvgIpc) is 3.77. The number of nitrogens with zero attached hydrogens (tertiary/aromatic N) is 6. The number of nitrogens with two attached hydrogens (primary N) is 1. The van der Waals surface area contributed by atoms with Crippen LogP contribution >= 0.6 is 11.6 Å². The van der Waals surface area contributed by atoms with Gasteiger partial charge in [0.05, 0.1) is 46.4 Å². The second kappa shape index (κ2) is 12.4. The lowest BCUT2D eigenvalue weighted by Crippen LogP contribution is -2.52. The van der Waals surface area contributed by atoms with E-state index in [9.17, 15) is 18.4 Å². The summed E-state index contributed by atoms with van der Waals surface area (Å²) in [7, 11) is 0. The van der Waals surface area contributed by atoms with Crippen LogP contribution in [0.4, 0.5) is 14.5 Å². The highest BCUT2D eigenvalue weighted by atomic mass is 35.5. The maximum atomic E-state index is 13.6. The highest BCUT2D eigenvalue weighted by Gasteiger charge is 2.41. The van der Waals surface area contributed by atoms with Crippen LogP contribution in [0.25, 0.3) is 22.2 Å². The highest BCUT2D eigenvalue weighted by molar-refractivity contribution is 6.30. The first-order valence-electron chi connectivity index (χ1n) is 15.8. The van der Waals surface area contributed by atoms with Crippen LogP contribution in [-0.2, 0) is 17.8 Å². The van der Waals surface area contributed by atoms with Crippen molar-refractivity contribution in [1.82, 2.24) is 24.7 Å². The molecular formula is C35H32ClF2N7O4. The molecule has 1 atom stereocenters. The van der Waals surface area contributed by atoms with Crippen LogP contribution in [0.2, 0.25) is 5.02 Å². The van der Waals surface area contributed by atoms with Crippen molar-refractivity contribution in [2.75, 3.05) is 4.90 Å². The molecule has 252 valence electrons. The van der Waals surface area contributed by atoms with Crippen LogP contribution in [0, 0.1) is 5.92 Å². The smallest absolute Gasteiger partial charge is 0.388 e. The Balaban J connectivity index is 1.37. The van der Waals surface area contributed by atoms with Crippen molar-refractivity contribution in [3.63, 3.8) is 0 Å². The lowest BCUT2D eigenvalue weighted by Gasteiger charge is -2.39. The van der Waals surface area contributed by atoms with Crippen LogP contribution < -0.4 is 20.1 Å². The Morgan fingerprint density at radius 2 is 1.94 bits per heavy atom. The molecule has 2 amide bonds. The largest absolute Gasteiger partial charge is 0.476 e. The molecule has 49 heavy (non-hydrogen) atoms. The molecule has 0 spiro atoms. The van der Waals surface area contributed by atoms with Gasteiger partial charge in [-0.15, -0.1) is 0 Å².